The van der Waals surface area contributed by atoms with Crippen LogP contribution in [0.25, 0.3) is 0 Å². The molecule has 0 fully saturated rings. The zero-order valence-electron chi connectivity index (χ0n) is 9.85. The molecule has 0 saturated carbocycles. The fourth-order valence-corrected chi connectivity index (χ4v) is 1.42. The zero-order chi connectivity index (χ0) is 12.8. The Morgan fingerprint density at radius 2 is 2.18 bits per heavy atom. The molecule has 92 valence electrons. The van der Waals surface area contributed by atoms with Gasteiger partial charge >= 0.3 is 5.97 Å². The van der Waals surface area contributed by atoms with E-state index < -0.39 is 12.0 Å². The van der Waals surface area contributed by atoms with Gasteiger partial charge in [-0.05, 0) is 18.6 Å². The van der Waals surface area contributed by atoms with E-state index in [1.807, 2.05) is 19.1 Å². The van der Waals surface area contributed by atoms with Gasteiger partial charge < -0.3 is 15.6 Å². The predicted molar refractivity (Wildman–Crippen MR) is 65.9 cm³/mol. The van der Waals surface area contributed by atoms with Gasteiger partial charge in [-0.25, -0.2) is 0 Å². The highest BCUT2D eigenvalue weighted by molar-refractivity contribution is 5.68. The number of aliphatic carboxylic acids is 1. The second-order valence-electron chi connectivity index (χ2n) is 3.99. The Kier molecular flexibility index (Phi) is 4.72. The van der Waals surface area contributed by atoms with Crippen LogP contribution in [0, 0.1) is 0 Å². The van der Waals surface area contributed by atoms with Gasteiger partial charge in [-0.3, -0.25) is 4.79 Å². The van der Waals surface area contributed by atoms with Crippen LogP contribution < -0.4 is 10.5 Å². The lowest BCUT2D eigenvalue weighted by Gasteiger charge is -2.15. The number of hydrogen-bond acceptors (Lipinski definition) is 3. The summed E-state index contributed by atoms with van der Waals surface area (Å²) in [7, 11) is 0. The molecule has 17 heavy (non-hydrogen) atoms. The summed E-state index contributed by atoms with van der Waals surface area (Å²) in [4.78, 5) is 10.6. The Labute approximate surface area is 101 Å². The summed E-state index contributed by atoms with van der Waals surface area (Å²) >= 11 is 0. The fraction of sp³-hybridized carbons (Fsp3) is 0.308. The Balaban J connectivity index is 2.83. The van der Waals surface area contributed by atoms with Crippen LogP contribution >= 0.6 is 0 Å². The SMILES string of the molecule is C=C(C)COc1ccccc1C(N)CC(=O)O. The maximum atomic E-state index is 10.6. The van der Waals surface area contributed by atoms with Crippen molar-refractivity contribution in [3.05, 3.63) is 42.0 Å². The summed E-state index contributed by atoms with van der Waals surface area (Å²) < 4.78 is 5.53. The lowest BCUT2D eigenvalue weighted by Crippen LogP contribution is -2.16. The third-order valence-corrected chi connectivity index (χ3v) is 2.19. The van der Waals surface area contributed by atoms with Crippen molar-refractivity contribution in [2.75, 3.05) is 6.61 Å². The van der Waals surface area contributed by atoms with Crippen LogP contribution in [0.5, 0.6) is 5.75 Å². The molecule has 1 unspecified atom stereocenters. The van der Waals surface area contributed by atoms with Gasteiger partial charge in [-0.15, -0.1) is 0 Å². The largest absolute Gasteiger partial charge is 0.489 e. The fourth-order valence-electron chi connectivity index (χ4n) is 1.42. The molecule has 0 bridgehead atoms. The summed E-state index contributed by atoms with van der Waals surface area (Å²) in [5.74, 6) is -0.309. The first-order valence-corrected chi connectivity index (χ1v) is 5.34. The van der Waals surface area contributed by atoms with Gasteiger partial charge in [-0.2, -0.15) is 0 Å². The quantitative estimate of drug-likeness (QED) is 0.741. The number of carboxylic acids is 1. The molecule has 0 aliphatic heterocycles. The van der Waals surface area contributed by atoms with Gasteiger partial charge in [0.2, 0.25) is 0 Å². The van der Waals surface area contributed by atoms with E-state index in [9.17, 15) is 4.79 Å². The molecular weight excluding hydrogens is 218 g/mol. The molecule has 3 N–H and O–H groups in total. The number of ether oxygens (including phenoxy) is 1. The van der Waals surface area contributed by atoms with Crippen molar-refractivity contribution in [3.63, 3.8) is 0 Å². The molecule has 1 aromatic rings. The van der Waals surface area contributed by atoms with E-state index in [0.29, 0.717) is 17.9 Å². The molecule has 4 nitrogen and oxygen atoms in total. The third-order valence-electron chi connectivity index (χ3n) is 2.19. The first-order valence-electron chi connectivity index (χ1n) is 5.34. The standard InChI is InChI=1S/C13H17NO3/c1-9(2)8-17-12-6-4-3-5-10(12)11(14)7-13(15)16/h3-6,11H,1,7-8,14H2,2H3,(H,15,16). The van der Waals surface area contributed by atoms with Crippen molar-refractivity contribution in [1.82, 2.24) is 0 Å². The number of hydrogen-bond donors (Lipinski definition) is 2. The van der Waals surface area contributed by atoms with Crippen LogP contribution in [0.1, 0.15) is 24.9 Å². The molecule has 1 rings (SSSR count). The number of rotatable bonds is 6. The Hall–Kier alpha value is -1.81. The summed E-state index contributed by atoms with van der Waals surface area (Å²) in [5.41, 5.74) is 7.42. The second-order valence-corrected chi connectivity index (χ2v) is 3.99. The normalized spacial score (nSPS) is 11.9. The van der Waals surface area contributed by atoms with Gasteiger partial charge in [-0.1, -0.05) is 24.8 Å². The summed E-state index contributed by atoms with van der Waals surface area (Å²) in [6.07, 6.45) is -0.118. The van der Waals surface area contributed by atoms with Crippen LogP contribution in [0.3, 0.4) is 0 Å². The monoisotopic (exact) mass is 235 g/mol. The lowest BCUT2D eigenvalue weighted by molar-refractivity contribution is -0.137. The number of para-hydroxylation sites is 1. The highest BCUT2D eigenvalue weighted by atomic mass is 16.5. The van der Waals surface area contributed by atoms with Gasteiger partial charge in [0.25, 0.3) is 0 Å². The van der Waals surface area contributed by atoms with Crippen molar-refractivity contribution in [2.45, 2.75) is 19.4 Å². The number of carbonyl (C=O) groups is 1. The molecule has 0 aromatic heterocycles. The van der Waals surface area contributed by atoms with Gasteiger partial charge in [0, 0.05) is 11.6 Å². The maximum absolute atomic E-state index is 10.6. The highest BCUT2D eigenvalue weighted by Crippen LogP contribution is 2.25. The van der Waals surface area contributed by atoms with E-state index >= 15 is 0 Å². The molecule has 0 amide bonds. The van der Waals surface area contributed by atoms with Gasteiger partial charge in [0.1, 0.15) is 12.4 Å². The van der Waals surface area contributed by atoms with Crippen LogP contribution in [0.2, 0.25) is 0 Å². The van der Waals surface area contributed by atoms with E-state index in [0.717, 1.165) is 5.57 Å². The van der Waals surface area contributed by atoms with Gasteiger partial charge in [0.05, 0.1) is 6.42 Å². The Morgan fingerprint density at radius 1 is 1.53 bits per heavy atom. The smallest absolute Gasteiger partial charge is 0.305 e. The molecule has 1 atom stereocenters. The first kappa shape index (κ1) is 13.3. The topological polar surface area (TPSA) is 72.5 Å². The van der Waals surface area contributed by atoms with Crippen LogP contribution in [0.4, 0.5) is 0 Å². The summed E-state index contributed by atoms with van der Waals surface area (Å²) in [6, 6.07) is 6.63. The predicted octanol–water partition coefficient (Wildman–Crippen LogP) is 2.12. The van der Waals surface area contributed by atoms with Crippen molar-refractivity contribution in [2.24, 2.45) is 5.73 Å². The first-order chi connectivity index (χ1) is 8.00. The zero-order valence-corrected chi connectivity index (χ0v) is 9.85. The number of benzene rings is 1. The Morgan fingerprint density at radius 3 is 2.76 bits per heavy atom. The molecule has 1 aromatic carbocycles. The minimum absolute atomic E-state index is 0.118. The molecule has 0 aliphatic rings. The van der Waals surface area contributed by atoms with Gasteiger partial charge in [0.15, 0.2) is 0 Å². The van der Waals surface area contributed by atoms with Crippen molar-refractivity contribution >= 4 is 5.97 Å². The molecular formula is C13H17NO3. The van der Waals surface area contributed by atoms with E-state index in [1.165, 1.54) is 0 Å². The molecule has 0 aliphatic carbocycles. The molecule has 4 heteroatoms. The van der Waals surface area contributed by atoms with E-state index in [1.54, 1.807) is 12.1 Å². The minimum atomic E-state index is -0.924. The molecule has 0 heterocycles. The average Bonchev–Trinajstić information content (AvgIpc) is 2.25. The third kappa shape index (κ3) is 4.28. The molecule has 0 radical (unpaired) electrons. The number of nitrogens with two attached hydrogens (primary N) is 1. The molecule has 0 saturated heterocycles. The number of carboxylic acid groups (broad SMARTS) is 1. The van der Waals surface area contributed by atoms with E-state index in [-0.39, 0.29) is 6.42 Å². The summed E-state index contributed by atoms with van der Waals surface area (Å²) in [5, 5.41) is 8.72. The Bertz CT molecular complexity index is 415. The minimum Gasteiger partial charge on any atom is -0.489 e. The second kappa shape index (κ2) is 6.06. The van der Waals surface area contributed by atoms with Crippen molar-refractivity contribution in [1.29, 1.82) is 0 Å². The summed E-state index contributed by atoms with van der Waals surface area (Å²) in [6.45, 7) is 6.00. The van der Waals surface area contributed by atoms with Crippen LogP contribution in [0.15, 0.2) is 36.4 Å². The highest BCUT2D eigenvalue weighted by Gasteiger charge is 2.14. The van der Waals surface area contributed by atoms with E-state index in [4.69, 9.17) is 15.6 Å². The lowest BCUT2D eigenvalue weighted by atomic mass is 10.0. The maximum Gasteiger partial charge on any atom is 0.305 e. The van der Waals surface area contributed by atoms with Crippen LogP contribution in [-0.2, 0) is 4.79 Å². The molecule has 0 spiro atoms. The van der Waals surface area contributed by atoms with Crippen molar-refractivity contribution < 1.29 is 14.6 Å². The van der Waals surface area contributed by atoms with Crippen LogP contribution in [-0.4, -0.2) is 17.7 Å². The van der Waals surface area contributed by atoms with Crippen molar-refractivity contribution in [3.8, 4) is 5.75 Å². The van der Waals surface area contributed by atoms with E-state index in [2.05, 4.69) is 6.58 Å². The average molecular weight is 235 g/mol.